The second kappa shape index (κ2) is 4.52. The number of hydrogen-bond donors (Lipinski definition) is 2. The fourth-order valence-electron chi connectivity index (χ4n) is 2.24. The predicted octanol–water partition coefficient (Wildman–Crippen LogP) is 1.29. The lowest BCUT2D eigenvalue weighted by Gasteiger charge is -2.34. The summed E-state index contributed by atoms with van der Waals surface area (Å²) in [6.07, 6.45) is 5.72. The Hall–Kier alpha value is -0.570. The summed E-state index contributed by atoms with van der Waals surface area (Å²) in [5.74, 6) is 0.951. The van der Waals surface area contributed by atoms with Crippen molar-refractivity contribution >= 4 is 5.91 Å². The highest BCUT2D eigenvalue weighted by Gasteiger charge is 2.28. The summed E-state index contributed by atoms with van der Waals surface area (Å²) in [6.45, 7) is 5.27. The second-order valence-corrected chi connectivity index (χ2v) is 5.52. The van der Waals surface area contributed by atoms with Crippen molar-refractivity contribution in [1.29, 1.82) is 0 Å². The third-order valence-corrected chi connectivity index (χ3v) is 3.57. The maximum absolute atomic E-state index is 11.5. The summed E-state index contributed by atoms with van der Waals surface area (Å²) in [7, 11) is 0. The van der Waals surface area contributed by atoms with E-state index in [2.05, 4.69) is 17.6 Å². The van der Waals surface area contributed by atoms with Crippen LogP contribution in [0.4, 0.5) is 0 Å². The summed E-state index contributed by atoms with van der Waals surface area (Å²) in [4.78, 5) is 11.5. The Morgan fingerprint density at radius 1 is 1.53 bits per heavy atom. The van der Waals surface area contributed by atoms with Crippen LogP contribution in [0.1, 0.15) is 39.0 Å². The Morgan fingerprint density at radius 2 is 2.33 bits per heavy atom. The number of hydrogen-bond acceptors (Lipinski definition) is 2. The van der Waals surface area contributed by atoms with Crippen LogP contribution >= 0.6 is 0 Å². The van der Waals surface area contributed by atoms with E-state index in [0.29, 0.717) is 5.92 Å². The maximum atomic E-state index is 11.5. The van der Waals surface area contributed by atoms with Crippen LogP contribution in [0.3, 0.4) is 0 Å². The lowest BCUT2D eigenvalue weighted by atomic mass is 9.83. The molecule has 1 amide bonds. The van der Waals surface area contributed by atoms with Crippen LogP contribution in [0.15, 0.2) is 0 Å². The van der Waals surface area contributed by atoms with Crippen molar-refractivity contribution in [3.05, 3.63) is 0 Å². The Morgan fingerprint density at radius 3 is 2.93 bits per heavy atom. The molecule has 1 aliphatic heterocycles. The van der Waals surface area contributed by atoms with Gasteiger partial charge >= 0.3 is 0 Å². The van der Waals surface area contributed by atoms with Gasteiger partial charge in [-0.3, -0.25) is 4.79 Å². The Balaban J connectivity index is 1.68. The molecule has 2 aliphatic rings. The zero-order chi connectivity index (χ0) is 10.7. The Bertz CT molecular complexity index is 230. The topological polar surface area (TPSA) is 41.1 Å². The molecule has 3 heteroatoms. The fraction of sp³-hybridized carbons (Fsp3) is 0.917. The van der Waals surface area contributed by atoms with Gasteiger partial charge in [0.25, 0.3) is 0 Å². The van der Waals surface area contributed by atoms with E-state index in [1.807, 2.05) is 0 Å². The molecule has 2 N–H and O–H groups in total. The van der Waals surface area contributed by atoms with Gasteiger partial charge in [0.15, 0.2) is 0 Å². The van der Waals surface area contributed by atoms with E-state index >= 15 is 0 Å². The number of carbonyl (C=O) groups is 1. The molecule has 1 saturated carbocycles. The predicted molar refractivity (Wildman–Crippen MR) is 60.6 cm³/mol. The first-order valence-electron chi connectivity index (χ1n) is 6.15. The minimum atomic E-state index is 0.254. The van der Waals surface area contributed by atoms with Gasteiger partial charge in [0, 0.05) is 19.5 Å². The molecule has 0 spiro atoms. The molecular weight excluding hydrogens is 188 g/mol. The van der Waals surface area contributed by atoms with Crippen molar-refractivity contribution in [3.63, 3.8) is 0 Å². The Labute approximate surface area is 92.0 Å². The van der Waals surface area contributed by atoms with Crippen molar-refractivity contribution < 1.29 is 4.79 Å². The van der Waals surface area contributed by atoms with E-state index in [1.165, 1.54) is 25.7 Å². The van der Waals surface area contributed by atoms with Gasteiger partial charge in [0.1, 0.15) is 0 Å². The van der Waals surface area contributed by atoms with E-state index in [0.717, 1.165) is 26.1 Å². The average molecular weight is 210 g/mol. The van der Waals surface area contributed by atoms with Crippen LogP contribution in [-0.4, -0.2) is 25.5 Å². The molecule has 0 aromatic carbocycles. The standard InChI is InChI=1S/C12H22N2O/c1-12(5-2-6-13-8-12)9-14-11(15)7-10-3-4-10/h10,13H,2-9H2,1H3,(H,14,15). The van der Waals surface area contributed by atoms with Gasteiger partial charge in [0.05, 0.1) is 0 Å². The van der Waals surface area contributed by atoms with Crippen molar-refractivity contribution in [2.24, 2.45) is 11.3 Å². The molecular formula is C12H22N2O. The van der Waals surface area contributed by atoms with Crippen molar-refractivity contribution in [1.82, 2.24) is 10.6 Å². The van der Waals surface area contributed by atoms with Gasteiger partial charge in [-0.15, -0.1) is 0 Å². The maximum Gasteiger partial charge on any atom is 0.220 e. The SMILES string of the molecule is CC1(CNC(=O)CC2CC2)CCCNC1. The molecule has 1 atom stereocenters. The third kappa shape index (κ3) is 3.49. The lowest BCUT2D eigenvalue weighted by Crippen LogP contribution is -2.45. The smallest absolute Gasteiger partial charge is 0.220 e. The molecule has 1 unspecified atom stereocenters. The van der Waals surface area contributed by atoms with Crippen molar-refractivity contribution in [2.75, 3.05) is 19.6 Å². The first-order chi connectivity index (χ1) is 7.18. The largest absolute Gasteiger partial charge is 0.356 e. The van der Waals surface area contributed by atoms with Gasteiger partial charge in [-0.2, -0.15) is 0 Å². The van der Waals surface area contributed by atoms with Crippen LogP contribution in [0.25, 0.3) is 0 Å². The molecule has 0 bridgehead atoms. The molecule has 0 aromatic heterocycles. The first-order valence-corrected chi connectivity index (χ1v) is 6.15. The number of nitrogens with one attached hydrogen (secondary N) is 2. The molecule has 86 valence electrons. The molecule has 3 nitrogen and oxygen atoms in total. The molecule has 0 radical (unpaired) electrons. The summed E-state index contributed by atoms with van der Waals surface area (Å²) in [5, 5.41) is 6.49. The van der Waals surface area contributed by atoms with Crippen LogP contribution in [0, 0.1) is 11.3 Å². The highest BCUT2D eigenvalue weighted by molar-refractivity contribution is 5.76. The van der Waals surface area contributed by atoms with E-state index in [1.54, 1.807) is 0 Å². The second-order valence-electron chi connectivity index (χ2n) is 5.52. The number of rotatable bonds is 4. The van der Waals surface area contributed by atoms with E-state index in [4.69, 9.17) is 0 Å². The minimum absolute atomic E-state index is 0.254. The van der Waals surface area contributed by atoms with Crippen LogP contribution in [0.5, 0.6) is 0 Å². The number of piperidine rings is 1. The van der Waals surface area contributed by atoms with Gasteiger partial charge in [-0.1, -0.05) is 6.92 Å². The molecule has 1 heterocycles. The van der Waals surface area contributed by atoms with E-state index in [9.17, 15) is 4.79 Å². The van der Waals surface area contributed by atoms with Crippen molar-refractivity contribution in [2.45, 2.75) is 39.0 Å². The highest BCUT2D eigenvalue weighted by atomic mass is 16.1. The highest BCUT2D eigenvalue weighted by Crippen LogP contribution is 2.32. The lowest BCUT2D eigenvalue weighted by molar-refractivity contribution is -0.121. The van der Waals surface area contributed by atoms with Gasteiger partial charge in [-0.05, 0) is 43.6 Å². The molecule has 1 aliphatic carbocycles. The van der Waals surface area contributed by atoms with Gasteiger partial charge in [0.2, 0.25) is 5.91 Å². The summed E-state index contributed by atoms with van der Waals surface area (Å²) in [6, 6.07) is 0. The minimum Gasteiger partial charge on any atom is -0.356 e. The van der Waals surface area contributed by atoms with Crippen LogP contribution < -0.4 is 10.6 Å². The van der Waals surface area contributed by atoms with E-state index in [-0.39, 0.29) is 11.3 Å². The first kappa shape index (κ1) is 10.9. The van der Waals surface area contributed by atoms with Crippen LogP contribution in [-0.2, 0) is 4.79 Å². The van der Waals surface area contributed by atoms with Crippen LogP contribution in [0.2, 0.25) is 0 Å². The summed E-state index contributed by atoms with van der Waals surface area (Å²) in [5.41, 5.74) is 0.275. The molecule has 0 aromatic rings. The van der Waals surface area contributed by atoms with Crippen molar-refractivity contribution in [3.8, 4) is 0 Å². The van der Waals surface area contributed by atoms with Gasteiger partial charge < -0.3 is 10.6 Å². The summed E-state index contributed by atoms with van der Waals surface area (Å²) < 4.78 is 0. The average Bonchev–Trinajstić information content (AvgIpc) is 3.00. The third-order valence-electron chi connectivity index (χ3n) is 3.57. The molecule has 2 fully saturated rings. The Kier molecular flexibility index (Phi) is 3.29. The normalized spacial score (nSPS) is 31.3. The van der Waals surface area contributed by atoms with Gasteiger partial charge in [-0.25, -0.2) is 0 Å². The molecule has 1 saturated heterocycles. The quantitative estimate of drug-likeness (QED) is 0.734. The number of carbonyl (C=O) groups excluding carboxylic acids is 1. The zero-order valence-corrected chi connectivity index (χ0v) is 9.64. The summed E-state index contributed by atoms with van der Waals surface area (Å²) >= 11 is 0. The molecule has 2 rings (SSSR count). The molecule has 15 heavy (non-hydrogen) atoms. The number of amides is 1. The zero-order valence-electron chi connectivity index (χ0n) is 9.64. The van der Waals surface area contributed by atoms with E-state index < -0.39 is 0 Å². The monoisotopic (exact) mass is 210 g/mol. The fourth-order valence-corrected chi connectivity index (χ4v) is 2.24.